The van der Waals surface area contributed by atoms with Gasteiger partial charge in [0.2, 0.25) is 0 Å². The van der Waals surface area contributed by atoms with Gasteiger partial charge in [0, 0.05) is 0 Å². The van der Waals surface area contributed by atoms with E-state index in [1.807, 2.05) is 6.92 Å². The van der Waals surface area contributed by atoms with Crippen LogP contribution in [0.1, 0.15) is 45.2 Å². The van der Waals surface area contributed by atoms with Crippen molar-refractivity contribution in [3.8, 4) is 0 Å². The van der Waals surface area contributed by atoms with Gasteiger partial charge < -0.3 is 5.11 Å². The van der Waals surface area contributed by atoms with Crippen LogP contribution in [-0.2, 0) is 11.8 Å². The summed E-state index contributed by atoms with van der Waals surface area (Å²) >= 11 is 0. The van der Waals surface area contributed by atoms with Crippen molar-refractivity contribution in [2.24, 2.45) is 0 Å². The Balaban J connectivity index is 2.93. The van der Waals surface area contributed by atoms with Crippen LogP contribution in [0, 0.1) is 0 Å². The number of hydrogen-bond acceptors (Lipinski definition) is 1. The fourth-order valence-corrected chi connectivity index (χ4v) is 2.07. The number of aryl methyl sites for hydroxylation is 1. The van der Waals surface area contributed by atoms with Crippen LogP contribution in [0.25, 0.3) is 0 Å². The molecule has 0 aliphatic heterocycles. The van der Waals surface area contributed by atoms with E-state index in [-0.39, 0.29) is 11.5 Å². The normalized spacial score (nSPS) is 13.9. The molecule has 1 rings (SSSR count). The van der Waals surface area contributed by atoms with Gasteiger partial charge in [0.25, 0.3) is 0 Å². The van der Waals surface area contributed by atoms with Gasteiger partial charge in [-0.1, -0.05) is 45.0 Å². The molecule has 0 amide bonds. The fourth-order valence-electron chi connectivity index (χ4n) is 2.07. The first kappa shape index (κ1) is 12.3. The van der Waals surface area contributed by atoms with Crippen molar-refractivity contribution < 1.29 is 5.11 Å². The van der Waals surface area contributed by atoms with Gasteiger partial charge in [-0.25, -0.2) is 0 Å². The molecule has 0 bridgehead atoms. The molecular weight excluding hydrogens is 184 g/mol. The molecule has 1 N–H and O–H groups in total. The molecule has 0 radical (unpaired) electrons. The van der Waals surface area contributed by atoms with Gasteiger partial charge in [0.15, 0.2) is 0 Å². The van der Waals surface area contributed by atoms with Crippen molar-refractivity contribution in [2.75, 3.05) is 0 Å². The van der Waals surface area contributed by atoms with E-state index < -0.39 is 0 Å². The van der Waals surface area contributed by atoms with Crippen LogP contribution in [0.2, 0.25) is 0 Å². The van der Waals surface area contributed by atoms with Crippen LogP contribution >= 0.6 is 0 Å². The molecule has 1 nitrogen and oxygen atoms in total. The summed E-state index contributed by atoms with van der Waals surface area (Å²) in [6.45, 7) is 8.40. The lowest BCUT2D eigenvalue weighted by Crippen LogP contribution is -2.23. The molecule has 0 heterocycles. The van der Waals surface area contributed by atoms with Crippen molar-refractivity contribution in [1.82, 2.24) is 0 Å². The molecule has 15 heavy (non-hydrogen) atoms. The van der Waals surface area contributed by atoms with Crippen LogP contribution < -0.4 is 0 Å². The van der Waals surface area contributed by atoms with Crippen molar-refractivity contribution in [3.05, 3.63) is 35.4 Å². The van der Waals surface area contributed by atoms with E-state index in [0.717, 1.165) is 12.8 Å². The first-order chi connectivity index (χ1) is 6.95. The highest BCUT2D eigenvalue weighted by atomic mass is 16.3. The second kappa shape index (κ2) is 4.80. The Bertz CT molecular complexity index is 313. The quantitative estimate of drug-likeness (QED) is 0.801. The lowest BCUT2D eigenvalue weighted by molar-refractivity contribution is 0.157. The van der Waals surface area contributed by atoms with Gasteiger partial charge in [-0.3, -0.25) is 0 Å². The topological polar surface area (TPSA) is 20.2 Å². The molecule has 84 valence electrons. The molecule has 0 aliphatic rings. The Morgan fingerprint density at radius 3 is 2.53 bits per heavy atom. The van der Waals surface area contributed by atoms with Crippen molar-refractivity contribution in [1.29, 1.82) is 0 Å². The summed E-state index contributed by atoms with van der Waals surface area (Å²) in [6, 6.07) is 8.67. The lowest BCUT2D eigenvalue weighted by atomic mass is 9.79. The Kier molecular flexibility index (Phi) is 3.92. The molecule has 1 aromatic rings. The molecule has 0 aromatic heterocycles. The molecule has 0 fully saturated rings. The third kappa shape index (κ3) is 3.35. The summed E-state index contributed by atoms with van der Waals surface area (Å²) in [5, 5.41) is 9.48. The van der Waals surface area contributed by atoms with E-state index in [9.17, 15) is 5.11 Å². The third-order valence-electron chi connectivity index (χ3n) is 2.92. The Morgan fingerprint density at radius 2 is 2.00 bits per heavy atom. The molecule has 0 saturated heterocycles. The smallest absolute Gasteiger partial charge is 0.0520 e. The highest BCUT2D eigenvalue weighted by Crippen LogP contribution is 2.28. The number of rotatable bonds is 4. The fraction of sp³-hybridized carbons (Fsp3) is 0.571. The molecule has 0 spiro atoms. The van der Waals surface area contributed by atoms with Crippen LogP contribution in [0.3, 0.4) is 0 Å². The Labute approximate surface area is 93.1 Å². The van der Waals surface area contributed by atoms with Gasteiger partial charge in [-0.2, -0.15) is 0 Å². The highest BCUT2D eigenvalue weighted by Gasteiger charge is 2.22. The SMILES string of the molecule is CCc1cccc(C(C)(C)CC(C)O)c1. The standard InChI is InChI=1S/C14H22O/c1-5-12-7-6-8-13(9-12)14(3,4)10-11(2)15/h6-9,11,15H,5,10H2,1-4H3. The van der Waals surface area contributed by atoms with E-state index in [0.29, 0.717) is 0 Å². The Hall–Kier alpha value is -0.820. The van der Waals surface area contributed by atoms with Crippen LogP contribution in [-0.4, -0.2) is 11.2 Å². The maximum absolute atomic E-state index is 9.48. The number of aliphatic hydroxyl groups excluding tert-OH is 1. The van der Waals surface area contributed by atoms with Crippen LogP contribution in [0.15, 0.2) is 24.3 Å². The summed E-state index contributed by atoms with van der Waals surface area (Å²) in [7, 11) is 0. The van der Waals surface area contributed by atoms with Gasteiger partial charge in [-0.15, -0.1) is 0 Å². The van der Waals surface area contributed by atoms with E-state index >= 15 is 0 Å². The minimum absolute atomic E-state index is 0.0549. The zero-order chi connectivity index (χ0) is 11.5. The number of hydrogen-bond donors (Lipinski definition) is 1. The Morgan fingerprint density at radius 1 is 1.33 bits per heavy atom. The molecular formula is C14H22O. The monoisotopic (exact) mass is 206 g/mol. The van der Waals surface area contributed by atoms with Crippen molar-refractivity contribution in [3.63, 3.8) is 0 Å². The van der Waals surface area contributed by atoms with Gasteiger partial charge >= 0.3 is 0 Å². The molecule has 0 saturated carbocycles. The van der Waals surface area contributed by atoms with E-state index in [2.05, 4.69) is 45.0 Å². The highest BCUT2D eigenvalue weighted by molar-refractivity contribution is 5.29. The number of aliphatic hydroxyl groups is 1. The second-order valence-electron chi connectivity index (χ2n) is 4.99. The van der Waals surface area contributed by atoms with Crippen LogP contribution in [0.5, 0.6) is 0 Å². The summed E-state index contributed by atoms with van der Waals surface area (Å²) in [4.78, 5) is 0. The summed E-state index contributed by atoms with van der Waals surface area (Å²) in [6.07, 6.45) is 1.63. The molecule has 1 atom stereocenters. The van der Waals surface area contributed by atoms with E-state index in [1.165, 1.54) is 11.1 Å². The predicted molar refractivity (Wildman–Crippen MR) is 65.1 cm³/mol. The maximum Gasteiger partial charge on any atom is 0.0520 e. The van der Waals surface area contributed by atoms with Crippen molar-refractivity contribution in [2.45, 2.75) is 52.1 Å². The lowest BCUT2D eigenvalue weighted by Gasteiger charge is -2.27. The second-order valence-corrected chi connectivity index (χ2v) is 4.99. The van der Waals surface area contributed by atoms with Gasteiger partial charge in [-0.05, 0) is 36.3 Å². The average Bonchev–Trinajstić information content (AvgIpc) is 2.16. The molecule has 0 aliphatic carbocycles. The third-order valence-corrected chi connectivity index (χ3v) is 2.92. The van der Waals surface area contributed by atoms with Gasteiger partial charge in [0.1, 0.15) is 0 Å². The minimum atomic E-state index is -0.245. The summed E-state index contributed by atoms with van der Waals surface area (Å²) < 4.78 is 0. The van der Waals surface area contributed by atoms with E-state index in [4.69, 9.17) is 0 Å². The van der Waals surface area contributed by atoms with Gasteiger partial charge in [0.05, 0.1) is 6.10 Å². The minimum Gasteiger partial charge on any atom is -0.393 e. The zero-order valence-corrected chi connectivity index (χ0v) is 10.2. The molecule has 1 unspecified atom stereocenters. The molecule has 1 heteroatoms. The first-order valence-corrected chi connectivity index (χ1v) is 5.73. The van der Waals surface area contributed by atoms with Crippen molar-refractivity contribution >= 4 is 0 Å². The van der Waals surface area contributed by atoms with E-state index in [1.54, 1.807) is 0 Å². The summed E-state index contributed by atoms with van der Waals surface area (Å²) in [5.41, 5.74) is 2.74. The zero-order valence-electron chi connectivity index (χ0n) is 10.2. The summed E-state index contributed by atoms with van der Waals surface area (Å²) in [5.74, 6) is 0. The van der Waals surface area contributed by atoms with Crippen LogP contribution in [0.4, 0.5) is 0 Å². The predicted octanol–water partition coefficient (Wildman–Crippen LogP) is 3.30. The molecule has 1 aromatic carbocycles. The largest absolute Gasteiger partial charge is 0.393 e. The average molecular weight is 206 g/mol. The first-order valence-electron chi connectivity index (χ1n) is 5.73. The maximum atomic E-state index is 9.48. The number of benzene rings is 1.